The van der Waals surface area contributed by atoms with E-state index in [1.54, 1.807) is 30.3 Å². The summed E-state index contributed by atoms with van der Waals surface area (Å²) in [4.78, 5) is 36.0. The first kappa shape index (κ1) is 33.7. The molecule has 7 rings (SSSR count). The smallest absolute Gasteiger partial charge is 0.335 e. The second-order valence-electron chi connectivity index (χ2n) is 14.4. The fourth-order valence-corrected chi connectivity index (χ4v) is 10.8. The van der Waals surface area contributed by atoms with Gasteiger partial charge >= 0.3 is 5.97 Å². The van der Waals surface area contributed by atoms with Crippen LogP contribution in [0.1, 0.15) is 73.4 Å². The maximum Gasteiger partial charge on any atom is 0.335 e. The molecule has 258 valence electrons. The van der Waals surface area contributed by atoms with Crippen molar-refractivity contribution in [1.82, 2.24) is 9.97 Å². The van der Waals surface area contributed by atoms with Gasteiger partial charge in [0.1, 0.15) is 5.75 Å². The summed E-state index contributed by atoms with van der Waals surface area (Å²) in [5.74, 6) is -0.553. The van der Waals surface area contributed by atoms with Crippen LogP contribution in [-0.4, -0.2) is 60.2 Å². The zero-order chi connectivity index (χ0) is 34.3. The molecule has 49 heavy (non-hydrogen) atoms. The Labute approximate surface area is 292 Å². The Bertz CT molecular complexity index is 1890. The van der Waals surface area contributed by atoms with E-state index in [4.69, 9.17) is 16.3 Å². The molecule has 1 unspecified atom stereocenters. The zero-order valence-corrected chi connectivity index (χ0v) is 29.2. The second-order valence-corrected chi connectivity index (χ2v) is 16.9. The van der Waals surface area contributed by atoms with Gasteiger partial charge in [0.2, 0.25) is 15.0 Å². The number of allylic oxidation sites excluding steroid dienone is 2. The van der Waals surface area contributed by atoms with E-state index in [2.05, 4.69) is 27.0 Å². The molecule has 2 aromatic carbocycles. The molecule has 1 aliphatic heterocycles. The van der Waals surface area contributed by atoms with E-state index in [0.717, 1.165) is 50.6 Å². The van der Waals surface area contributed by atoms with Crippen molar-refractivity contribution in [3.05, 3.63) is 88.7 Å². The molecule has 1 N–H and O–H groups in total. The van der Waals surface area contributed by atoms with E-state index < -0.39 is 21.1 Å². The molecule has 1 spiro atoms. The minimum absolute atomic E-state index is 0.0384. The summed E-state index contributed by atoms with van der Waals surface area (Å²) in [6, 6.07) is 12.7. The van der Waals surface area contributed by atoms with Crippen molar-refractivity contribution >= 4 is 38.9 Å². The van der Waals surface area contributed by atoms with E-state index in [1.807, 2.05) is 19.1 Å². The standard InChI is InChI=1S/C38H42ClN3O6S/c1-24-25(5-2-7-35(24)49(46,47)37-40-17-4-18-41-37)9-14-33(43)30-12-8-28(30)21-42-22-38(16-3-6-26-19-29(39)11-13-31(26)38)23-48-34-15-10-27(36(44)45)20-32(34)42/h4,9-11,13-15,17-20,24-25,28,30,35H,2-3,5-8,12,16,21-23H2,1H3,(H,44,45)/b14-9+/t24-,25-,28+,30-,35+,38?/m1/s1. The van der Waals surface area contributed by atoms with Crippen LogP contribution in [0.3, 0.4) is 0 Å². The first-order valence-corrected chi connectivity index (χ1v) is 19.3. The molecule has 0 amide bonds. The normalized spacial score (nSPS) is 28.2. The SMILES string of the molecule is C[C@@H]1[C@@H](/C=C/C(=O)[C@@H]2CC[C@H]2CN2CC3(CCCc4cc(Cl)ccc43)COc3ccc(C(=O)O)cc32)CCC[C@@H]1S(=O)(=O)c1ncccn1. The number of rotatable bonds is 8. The molecule has 2 saturated carbocycles. The molecule has 0 bridgehead atoms. The Morgan fingerprint density at radius 1 is 1.08 bits per heavy atom. The number of carboxylic acid groups (broad SMARTS) is 1. The van der Waals surface area contributed by atoms with Crippen LogP contribution in [-0.2, 0) is 26.5 Å². The van der Waals surface area contributed by atoms with Crippen LogP contribution in [0.15, 0.2) is 72.2 Å². The minimum atomic E-state index is -3.69. The monoisotopic (exact) mass is 703 g/mol. The van der Waals surface area contributed by atoms with Crippen LogP contribution in [0.4, 0.5) is 5.69 Å². The Morgan fingerprint density at radius 3 is 2.65 bits per heavy atom. The predicted molar refractivity (Wildman–Crippen MR) is 187 cm³/mol. The fraction of sp³-hybridized carbons (Fsp3) is 0.474. The second kappa shape index (κ2) is 13.5. The summed E-state index contributed by atoms with van der Waals surface area (Å²) < 4.78 is 33.2. The third-order valence-corrected chi connectivity index (χ3v) is 13.9. The van der Waals surface area contributed by atoms with Crippen molar-refractivity contribution in [2.24, 2.45) is 23.7 Å². The van der Waals surface area contributed by atoms with Gasteiger partial charge < -0.3 is 14.7 Å². The number of fused-ring (bicyclic) bond motifs is 3. The lowest BCUT2D eigenvalue weighted by Crippen LogP contribution is -2.49. The van der Waals surface area contributed by atoms with Crippen molar-refractivity contribution in [3.63, 3.8) is 0 Å². The Balaban J connectivity index is 1.10. The third kappa shape index (κ3) is 6.50. The lowest BCUT2D eigenvalue weighted by atomic mass is 9.68. The van der Waals surface area contributed by atoms with E-state index in [0.29, 0.717) is 36.9 Å². The highest BCUT2D eigenvalue weighted by Crippen LogP contribution is 2.46. The molecule has 0 saturated heterocycles. The van der Waals surface area contributed by atoms with Gasteiger partial charge in [-0.05, 0) is 116 Å². The van der Waals surface area contributed by atoms with Crippen molar-refractivity contribution in [2.75, 3.05) is 24.6 Å². The molecule has 11 heteroatoms. The lowest BCUT2D eigenvalue weighted by molar-refractivity contribution is -0.122. The van der Waals surface area contributed by atoms with Gasteiger partial charge in [-0.15, -0.1) is 0 Å². The van der Waals surface area contributed by atoms with Gasteiger partial charge in [-0.2, -0.15) is 0 Å². The van der Waals surface area contributed by atoms with Gasteiger partial charge in [0.15, 0.2) is 5.78 Å². The van der Waals surface area contributed by atoms with Crippen LogP contribution in [0, 0.1) is 23.7 Å². The zero-order valence-electron chi connectivity index (χ0n) is 27.6. The highest BCUT2D eigenvalue weighted by molar-refractivity contribution is 7.91. The molecule has 1 aromatic heterocycles. The van der Waals surface area contributed by atoms with Crippen LogP contribution in [0.2, 0.25) is 5.02 Å². The van der Waals surface area contributed by atoms with Gasteiger partial charge in [0.05, 0.1) is 23.1 Å². The summed E-state index contributed by atoms with van der Waals surface area (Å²) in [6.45, 7) is 3.67. The number of hydrogen-bond donors (Lipinski definition) is 1. The number of benzene rings is 2. The molecule has 3 aliphatic carbocycles. The van der Waals surface area contributed by atoms with Crippen molar-refractivity contribution in [3.8, 4) is 5.75 Å². The van der Waals surface area contributed by atoms with Crippen LogP contribution >= 0.6 is 11.6 Å². The highest BCUT2D eigenvalue weighted by Gasteiger charge is 2.45. The largest absolute Gasteiger partial charge is 0.490 e. The number of carboxylic acids is 1. The number of halogens is 1. The average Bonchev–Trinajstić information content (AvgIpc) is 3.23. The van der Waals surface area contributed by atoms with Gasteiger partial charge in [-0.25, -0.2) is 23.2 Å². The summed E-state index contributed by atoms with van der Waals surface area (Å²) in [5.41, 5.74) is 3.10. The number of carbonyl (C=O) groups is 2. The molecule has 2 fully saturated rings. The number of ketones is 1. The maximum atomic E-state index is 13.7. The summed E-state index contributed by atoms with van der Waals surface area (Å²) in [7, 11) is -3.69. The lowest BCUT2D eigenvalue weighted by Gasteiger charge is -2.44. The van der Waals surface area contributed by atoms with Gasteiger partial charge in [0, 0.05) is 41.8 Å². The van der Waals surface area contributed by atoms with Gasteiger partial charge in [0.25, 0.3) is 0 Å². The predicted octanol–water partition coefficient (Wildman–Crippen LogP) is 6.73. The van der Waals surface area contributed by atoms with Crippen molar-refractivity contribution in [1.29, 1.82) is 0 Å². The molecule has 2 heterocycles. The number of nitrogens with zero attached hydrogens (tertiary/aromatic N) is 3. The van der Waals surface area contributed by atoms with Gasteiger partial charge in [-0.3, -0.25) is 4.79 Å². The van der Waals surface area contributed by atoms with Crippen LogP contribution in [0.5, 0.6) is 5.75 Å². The van der Waals surface area contributed by atoms with Crippen molar-refractivity contribution in [2.45, 2.75) is 74.1 Å². The Morgan fingerprint density at radius 2 is 1.90 bits per heavy atom. The quantitative estimate of drug-likeness (QED) is 0.201. The van der Waals surface area contributed by atoms with Crippen LogP contribution < -0.4 is 9.64 Å². The average molecular weight is 704 g/mol. The molecule has 3 aromatic rings. The maximum absolute atomic E-state index is 13.7. The fourth-order valence-electron chi connectivity index (χ4n) is 8.67. The number of anilines is 1. The number of hydrogen-bond acceptors (Lipinski definition) is 8. The minimum Gasteiger partial charge on any atom is -0.490 e. The van der Waals surface area contributed by atoms with E-state index in [9.17, 15) is 23.1 Å². The third-order valence-electron chi connectivity index (χ3n) is 11.5. The Kier molecular flexibility index (Phi) is 9.30. The first-order valence-electron chi connectivity index (χ1n) is 17.3. The summed E-state index contributed by atoms with van der Waals surface area (Å²) in [5, 5.41) is 9.82. The number of aryl methyl sites for hydroxylation is 1. The summed E-state index contributed by atoms with van der Waals surface area (Å²) >= 11 is 6.39. The molecule has 0 radical (unpaired) electrons. The van der Waals surface area contributed by atoms with E-state index >= 15 is 0 Å². The topological polar surface area (TPSA) is 127 Å². The van der Waals surface area contributed by atoms with Gasteiger partial charge in [-0.1, -0.05) is 37.1 Å². The molecular weight excluding hydrogens is 662 g/mol. The highest BCUT2D eigenvalue weighted by atomic mass is 35.5. The summed E-state index contributed by atoms with van der Waals surface area (Å²) in [6.07, 6.45) is 13.2. The van der Waals surface area contributed by atoms with Crippen LogP contribution in [0.25, 0.3) is 0 Å². The number of sulfone groups is 1. The molecule has 6 atom stereocenters. The Hall–Kier alpha value is -3.76. The number of aromatic carboxylic acids is 1. The number of carbonyl (C=O) groups excluding carboxylic acids is 1. The first-order chi connectivity index (χ1) is 23.6. The molecular formula is C38H42ClN3O6S. The number of aromatic nitrogens is 2. The van der Waals surface area contributed by atoms with E-state index in [1.165, 1.54) is 23.5 Å². The van der Waals surface area contributed by atoms with E-state index in [-0.39, 0.29) is 45.6 Å². The number of ether oxygens (including phenoxy) is 1. The van der Waals surface area contributed by atoms with Crippen molar-refractivity contribution < 1.29 is 27.9 Å². The molecule has 9 nitrogen and oxygen atoms in total. The molecule has 4 aliphatic rings.